The molecule has 0 saturated carbocycles. The second-order valence-corrected chi connectivity index (χ2v) is 7.93. The van der Waals surface area contributed by atoms with E-state index in [0.717, 1.165) is 17.7 Å². The number of hydrogen-bond acceptors (Lipinski definition) is 4. The molecule has 2 saturated heterocycles. The highest BCUT2D eigenvalue weighted by Gasteiger charge is 2.32. The van der Waals surface area contributed by atoms with Gasteiger partial charge in [0.05, 0.1) is 0 Å². The summed E-state index contributed by atoms with van der Waals surface area (Å²) in [5, 5.41) is 0. The van der Waals surface area contributed by atoms with Gasteiger partial charge in [0, 0.05) is 36.5 Å². The van der Waals surface area contributed by atoms with Crippen LogP contribution in [-0.4, -0.2) is 50.1 Å². The topological polar surface area (TPSA) is 34.0 Å². The van der Waals surface area contributed by atoms with E-state index < -0.39 is 0 Å². The molecule has 0 spiro atoms. The van der Waals surface area contributed by atoms with E-state index >= 15 is 0 Å². The van der Waals surface area contributed by atoms with E-state index in [-0.39, 0.29) is 0 Å². The lowest BCUT2D eigenvalue weighted by Crippen LogP contribution is -2.28. The molecule has 4 rings (SSSR count). The molecule has 0 amide bonds. The minimum atomic E-state index is 0.558. The summed E-state index contributed by atoms with van der Waals surface area (Å²) in [5.41, 5.74) is 2.16. The minimum absolute atomic E-state index is 0.558. The van der Waals surface area contributed by atoms with Crippen molar-refractivity contribution in [1.29, 1.82) is 0 Å². The van der Waals surface area contributed by atoms with E-state index in [1.54, 1.807) is 0 Å². The molecule has 2 aromatic rings. The summed E-state index contributed by atoms with van der Waals surface area (Å²) >= 11 is 2.06. The van der Waals surface area contributed by atoms with E-state index in [4.69, 9.17) is 4.98 Å². The van der Waals surface area contributed by atoms with Crippen molar-refractivity contribution in [2.24, 2.45) is 0 Å². The molecular weight excluding hydrogens is 292 g/mol. The second-order valence-electron chi connectivity index (χ2n) is 6.78. The maximum atomic E-state index is 5.00. The van der Waals surface area contributed by atoms with Crippen molar-refractivity contribution in [2.75, 3.05) is 24.6 Å². The molecule has 2 aliphatic rings. The van der Waals surface area contributed by atoms with Gasteiger partial charge in [-0.3, -0.25) is 0 Å². The number of hydrogen-bond donors (Lipinski definition) is 0. The van der Waals surface area contributed by atoms with E-state index in [1.165, 1.54) is 36.7 Å². The molecule has 0 radical (unpaired) electrons. The van der Waals surface area contributed by atoms with Crippen molar-refractivity contribution >= 4 is 22.9 Å². The Balaban J connectivity index is 1.75. The van der Waals surface area contributed by atoms with Crippen LogP contribution in [0.2, 0.25) is 0 Å². The molecule has 22 heavy (non-hydrogen) atoms. The molecule has 2 aromatic heterocycles. The summed E-state index contributed by atoms with van der Waals surface area (Å²) in [6.07, 6.45) is 4.38. The first-order valence-electron chi connectivity index (χ1n) is 8.38. The van der Waals surface area contributed by atoms with E-state index in [1.807, 2.05) is 12.3 Å². The van der Waals surface area contributed by atoms with Crippen LogP contribution < -0.4 is 0 Å². The number of likely N-dealkylation sites (tertiary alicyclic amines) is 1. The molecule has 5 heteroatoms. The third-order valence-electron chi connectivity index (χ3n) is 5.06. The van der Waals surface area contributed by atoms with Crippen molar-refractivity contribution in [1.82, 2.24) is 19.4 Å². The first-order chi connectivity index (χ1) is 10.7. The number of aromatic nitrogens is 3. The number of fused-ring (bicyclic) bond motifs is 1. The average Bonchev–Trinajstić information content (AvgIpc) is 3.24. The summed E-state index contributed by atoms with van der Waals surface area (Å²) < 4.78 is 2.48. The molecule has 118 valence electrons. The Labute approximate surface area is 136 Å². The van der Waals surface area contributed by atoms with Gasteiger partial charge >= 0.3 is 0 Å². The van der Waals surface area contributed by atoms with Crippen LogP contribution in [0.5, 0.6) is 0 Å². The summed E-state index contributed by atoms with van der Waals surface area (Å²) in [4.78, 5) is 12.2. The highest BCUT2D eigenvalue weighted by atomic mass is 32.2. The largest absolute Gasteiger partial charge is 0.308 e. The van der Waals surface area contributed by atoms with Gasteiger partial charge in [-0.2, -0.15) is 11.8 Å². The number of thioether (sulfide) groups is 1. The fraction of sp³-hybridized carbons (Fsp3) is 0.647. The first kappa shape index (κ1) is 14.5. The molecule has 0 bridgehead atoms. The minimum Gasteiger partial charge on any atom is -0.308 e. The van der Waals surface area contributed by atoms with Gasteiger partial charge in [-0.1, -0.05) is 0 Å². The third-order valence-corrected chi connectivity index (χ3v) is 6.21. The number of imidazole rings is 1. The van der Waals surface area contributed by atoms with Gasteiger partial charge in [0.25, 0.3) is 0 Å². The van der Waals surface area contributed by atoms with Gasteiger partial charge in [-0.25, -0.2) is 9.97 Å². The van der Waals surface area contributed by atoms with Crippen LogP contribution in [0.4, 0.5) is 0 Å². The summed E-state index contributed by atoms with van der Waals surface area (Å²) in [7, 11) is 0. The molecule has 0 aromatic carbocycles. The summed E-state index contributed by atoms with van der Waals surface area (Å²) in [6, 6.07) is 5.32. The van der Waals surface area contributed by atoms with Crippen molar-refractivity contribution in [3.05, 3.63) is 24.2 Å². The Morgan fingerprint density at radius 2 is 2.23 bits per heavy atom. The van der Waals surface area contributed by atoms with Gasteiger partial charge in [0.1, 0.15) is 11.3 Å². The Morgan fingerprint density at radius 1 is 1.32 bits per heavy atom. The maximum absolute atomic E-state index is 5.00. The molecule has 2 atom stereocenters. The zero-order chi connectivity index (χ0) is 15.1. The van der Waals surface area contributed by atoms with E-state index in [9.17, 15) is 0 Å². The molecule has 4 nitrogen and oxygen atoms in total. The van der Waals surface area contributed by atoms with Crippen LogP contribution in [0.15, 0.2) is 18.3 Å². The highest BCUT2D eigenvalue weighted by Crippen LogP contribution is 2.36. The second kappa shape index (κ2) is 5.85. The van der Waals surface area contributed by atoms with Crippen molar-refractivity contribution in [3.8, 4) is 0 Å². The van der Waals surface area contributed by atoms with Crippen molar-refractivity contribution < 1.29 is 0 Å². The van der Waals surface area contributed by atoms with Crippen LogP contribution in [-0.2, 0) is 0 Å². The van der Waals surface area contributed by atoms with Gasteiger partial charge in [0.15, 0.2) is 5.65 Å². The Morgan fingerprint density at radius 3 is 2.95 bits per heavy atom. The van der Waals surface area contributed by atoms with Gasteiger partial charge in [-0.05, 0) is 51.1 Å². The highest BCUT2D eigenvalue weighted by molar-refractivity contribution is 7.99. The van der Waals surface area contributed by atoms with E-state index in [0.29, 0.717) is 18.0 Å². The molecule has 4 heterocycles. The zero-order valence-electron chi connectivity index (χ0n) is 13.4. The third kappa shape index (κ3) is 2.44. The predicted octanol–water partition coefficient (Wildman–Crippen LogP) is 3.31. The number of pyridine rings is 1. The monoisotopic (exact) mass is 316 g/mol. The van der Waals surface area contributed by atoms with Crippen LogP contribution in [0.1, 0.15) is 44.5 Å². The molecule has 0 aliphatic carbocycles. The SMILES string of the molecule is CC(C)N1CCC(c2nc3cccnc3n2C2CCSC2)C1. The molecule has 2 aliphatic heterocycles. The number of rotatable bonds is 3. The Hall–Kier alpha value is -1.07. The van der Waals surface area contributed by atoms with Crippen LogP contribution in [0.25, 0.3) is 11.2 Å². The normalized spacial score (nSPS) is 26.5. The number of nitrogens with zero attached hydrogens (tertiary/aromatic N) is 4. The average molecular weight is 316 g/mol. The van der Waals surface area contributed by atoms with Crippen LogP contribution in [0, 0.1) is 0 Å². The smallest absolute Gasteiger partial charge is 0.160 e. The summed E-state index contributed by atoms with van der Waals surface area (Å²) in [6.45, 7) is 6.92. The lowest BCUT2D eigenvalue weighted by molar-refractivity contribution is 0.271. The van der Waals surface area contributed by atoms with Gasteiger partial charge in [0.2, 0.25) is 0 Å². The van der Waals surface area contributed by atoms with E-state index in [2.05, 4.69) is 46.1 Å². The zero-order valence-corrected chi connectivity index (χ0v) is 14.2. The Kier molecular flexibility index (Phi) is 3.86. The molecule has 2 fully saturated rings. The first-order valence-corrected chi connectivity index (χ1v) is 9.54. The molecule has 2 unspecified atom stereocenters. The van der Waals surface area contributed by atoms with Crippen molar-refractivity contribution in [2.45, 2.75) is 44.7 Å². The lowest BCUT2D eigenvalue weighted by atomic mass is 10.1. The van der Waals surface area contributed by atoms with Crippen LogP contribution in [0.3, 0.4) is 0 Å². The van der Waals surface area contributed by atoms with Crippen LogP contribution >= 0.6 is 11.8 Å². The van der Waals surface area contributed by atoms with Gasteiger partial charge < -0.3 is 9.47 Å². The fourth-order valence-corrected chi connectivity index (χ4v) is 4.98. The lowest BCUT2D eigenvalue weighted by Gasteiger charge is -2.21. The quantitative estimate of drug-likeness (QED) is 0.870. The molecule has 0 N–H and O–H groups in total. The van der Waals surface area contributed by atoms with Gasteiger partial charge in [-0.15, -0.1) is 0 Å². The predicted molar refractivity (Wildman–Crippen MR) is 92.6 cm³/mol. The summed E-state index contributed by atoms with van der Waals surface area (Å²) in [5.74, 6) is 4.31. The fourth-order valence-electron chi connectivity index (χ4n) is 3.79. The molecular formula is C17H24N4S. The maximum Gasteiger partial charge on any atom is 0.160 e. The standard InChI is InChI=1S/C17H24N4S/c1-12(2)20-8-5-13(10-20)16-19-15-4-3-7-18-17(15)21(16)14-6-9-22-11-14/h3-4,7,12-14H,5-6,8-11H2,1-2H3. The Bertz CT molecular complexity index is 660. The van der Waals surface area contributed by atoms with Crippen molar-refractivity contribution in [3.63, 3.8) is 0 Å².